The molecule has 0 N–H and O–H groups in total. The van der Waals surface area contributed by atoms with E-state index in [1.165, 1.54) is 23.5 Å². The van der Waals surface area contributed by atoms with Crippen molar-refractivity contribution in [2.24, 2.45) is 5.92 Å². The van der Waals surface area contributed by atoms with Crippen LogP contribution in [0.1, 0.15) is 17.7 Å². The van der Waals surface area contributed by atoms with Crippen LogP contribution in [-0.2, 0) is 16.1 Å². The molecule has 2 aromatic carbocycles. The SMILES string of the molecule is Cc1cccc2sc(N(Cc3ccccn3)C(=O)C3CC(=O)N(c4ccc(F)cc4)C3)nc12. The molecule has 0 bridgehead atoms. The monoisotopic (exact) mass is 460 g/mol. The molecule has 1 aliphatic heterocycles. The summed E-state index contributed by atoms with van der Waals surface area (Å²) < 4.78 is 14.3. The van der Waals surface area contributed by atoms with E-state index in [-0.39, 0.29) is 37.1 Å². The van der Waals surface area contributed by atoms with Gasteiger partial charge in [-0.1, -0.05) is 29.5 Å². The average Bonchev–Trinajstić information content (AvgIpc) is 3.43. The van der Waals surface area contributed by atoms with Crippen molar-refractivity contribution >= 4 is 44.2 Å². The van der Waals surface area contributed by atoms with Crippen molar-refractivity contribution in [2.75, 3.05) is 16.3 Å². The van der Waals surface area contributed by atoms with Crippen molar-refractivity contribution in [3.8, 4) is 0 Å². The molecule has 0 radical (unpaired) electrons. The van der Waals surface area contributed by atoms with Gasteiger partial charge in [0.15, 0.2) is 5.13 Å². The highest BCUT2D eigenvalue weighted by Crippen LogP contribution is 2.34. The Morgan fingerprint density at radius 2 is 1.97 bits per heavy atom. The predicted octanol–water partition coefficient (Wildman–Crippen LogP) is 4.73. The number of anilines is 2. The Kier molecular flexibility index (Phi) is 5.60. The molecular weight excluding hydrogens is 439 g/mol. The van der Waals surface area contributed by atoms with Crippen LogP contribution >= 0.6 is 11.3 Å². The summed E-state index contributed by atoms with van der Waals surface area (Å²) in [5, 5.41) is 0.586. The number of aryl methyl sites for hydroxylation is 1. The number of aromatic nitrogens is 2. The zero-order chi connectivity index (χ0) is 22.9. The number of pyridine rings is 1. The van der Waals surface area contributed by atoms with Crippen LogP contribution in [0.2, 0.25) is 0 Å². The van der Waals surface area contributed by atoms with Gasteiger partial charge in [-0.2, -0.15) is 0 Å². The van der Waals surface area contributed by atoms with E-state index in [0.29, 0.717) is 10.8 Å². The molecule has 1 saturated heterocycles. The van der Waals surface area contributed by atoms with Gasteiger partial charge in [0.05, 0.1) is 28.4 Å². The van der Waals surface area contributed by atoms with Crippen molar-refractivity contribution in [3.63, 3.8) is 0 Å². The fourth-order valence-corrected chi connectivity index (χ4v) is 5.10. The summed E-state index contributed by atoms with van der Waals surface area (Å²) in [4.78, 5) is 38.8. The van der Waals surface area contributed by atoms with Gasteiger partial charge >= 0.3 is 0 Å². The lowest BCUT2D eigenvalue weighted by Crippen LogP contribution is -2.37. The Labute approximate surface area is 194 Å². The minimum Gasteiger partial charge on any atom is -0.312 e. The fraction of sp³-hybridized carbons (Fsp3) is 0.200. The number of hydrogen-bond donors (Lipinski definition) is 0. The first-order valence-electron chi connectivity index (χ1n) is 10.6. The first-order chi connectivity index (χ1) is 16.0. The van der Waals surface area contributed by atoms with Gasteiger partial charge in [0.25, 0.3) is 0 Å². The van der Waals surface area contributed by atoms with Crippen LogP contribution < -0.4 is 9.80 Å². The molecule has 33 heavy (non-hydrogen) atoms. The summed E-state index contributed by atoms with van der Waals surface area (Å²) in [6, 6.07) is 17.3. The van der Waals surface area contributed by atoms with Crippen LogP contribution in [0.3, 0.4) is 0 Å². The standard InChI is InChI=1S/C25H21FN4O2S/c1-16-5-4-7-21-23(16)28-25(33-21)30(15-19-6-2-3-12-27-19)24(32)17-13-22(31)29(14-17)20-10-8-18(26)9-11-20/h2-12,17H,13-15H2,1H3. The minimum atomic E-state index is -0.528. The molecule has 2 amide bonds. The molecule has 1 aliphatic rings. The largest absolute Gasteiger partial charge is 0.312 e. The van der Waals surface area contributed by atoms with Gasteiger partial charge in [-0.15, -0.1) is 0 Å². The van der Waals surface area contributed by atoms with Crippen molar-refractivity contribution in [2.45, 2.75) is 19.9 Å². The number of rotatable bonds is 5. The Morgan fingerprint density at radius 1 is 1.15 bits per heavy atom. The second-order valence-corrected chi connectivity index (χ2v) is 9.05. The van der Waals surface area contributed by atoms with Crippen LogP contribution in [0.25, 0.3) is 10.2 Å². The van der Waals surface area contributed by atoms with E-state index in [9.17, 15) is 14.0 Å². The fourth-order valence-electron chi connectivity index (χ4n) is 4.05. The average molecular weight is 461 g/mol. The smallest absolute Gasteiger partial charge is 0.234 e. The molecule has 1 atom stereocenters. The first kappa shape index (κ1) is 21.2. The third kappa shape index (κ3) is 4.21. The molecule has 1 unspecified atom stereocenters. The topological polar surface area (TPSA) is 66.4 Å². The van der Waals surface area contributed by atoms with Gasteiger partial charge in [-0.05, 0) is 55.0 Å². The maximum Gasteiger partial charge on any atom is 0.234 e. The summed E-state index contributed by atoms with van der Waals surface area (Å²) >= 11 is 1.45. The van der Waals surface area contributed by atoms with E-state index in [1.54, 1.807) is 28.1 Å². The van der Waals surface area contributed by atoms with E-state index in [2.05, 4.69) is 4.98 Å². The van der Waals surface area contributed by atoms with Crippen LogP contribution in [0.15, 0.2) is 66.9 Å². The second-order valence-electron chi connectivity index (χ2n) is 8.05. The molecule has 1 fully saturated rings. The lowest BCUT2D eigenvalue weighted by molar-refractivity contribution is -0.124. The number of halogens is 1. The maximum atomic E-state index is 13.7. The van der Waals surface area contributed by atoms with Gasteiger partial charge in [-0.25, -0.2) is 9.37 Å². The van der Waals surface area contributed by atoms with E-state index < -0.39 is 5.92 Å². The number of amides is 2. The lowest BCUT2D eigenvalue weighted by atomic mass is 10.1. The Hall–Kier alpha value is -3.65. The molecule has 0 aliphatic carbocycles. The molecule has 0 spiro atoms. The van der Waals surface area contributed by atoms with Gasteiger partial charge < -0.3 is 4.90 Å². The number of para-hydroxylation sites is 1. The van der Waals surface area contributed by atoms with Gasteiger partial charge in [0.1, 0.15) is 5.82 Å². The Morgan fingerprint density at radius 3 is 2.70 bits per heavy atom. The zero-order valence-corrected chi connectivity index (χ0v) is 18.8. The summed E-state index contributed by atoms with van der Waals surface area (Å²) in [6.07, 6.45) is 1.79. The van der Waals surface area contributed by atoms with E-state index in [4.69, 9.17) is 4.98 Å². The van der Waals surface area contributed by atoms with Crippen molar-refractivity contribution in [1.82, 2.24) is 9.97 Å². The van der Waals surface area contributed by atoms with Crippen LogP contribution in [0, 0.1) is 18.7 Å². The molecule has 4 aromatic rings. The van der Waals surface area contributed by atoms with Crippen LogP contribution in [-0.4, -0.2) is 28.3 Å². The van der Waals surface area contributed by atoms with E-state index in [1.807, 2.05) is 43.3 Å². The lowest BCUT2D eigenvalue weighted by Gasteiger charge is -2.23. The predicted molar refractivity (Wildman–Crippen MR) is 127 cm³/mol. The Bertz CT molecular complexity index is 1320. The first-order valence-corrected chi connectivity index (χ1v) is 11.4. The molecular formula is C25H21FN4O2S. The number of thiazole rings is 1. The molecule has 2 aromatic heterocycles. The highest BCUT2D eigenvalue weighted by atomic mass is 32.1. The van der Waals surface area contributed by atoms with E-state index in [0.717, 1.165) is 21.5 Å². The zero-order valence-electron chi connectivity index (χ0n) is 17.9. The minimum absolute atomic E-state index is 0.0961. The maximum absolute atomic E-state index is 13.7. The summed E-state index contributed by atoms with van der Waals surface area (Å²) in [7, 11) is 0. The molecule has 0 saturated carbocycles. The summed E-state index contributed by atoms with van der Waals surface area (Å²) in [6.45, 7) is 2.50. The quantitative estimate of drug-likeness (QED) is 0.432. The number of hydrogen-bond acceptors (Lipinski definition) is 5. The van der Waals surface area contributed by atoms with Gasteiger partial charge in [-0.3, -0.25) is 19.5 Å². The highest BCUT2D eigenvalue weighted by Gasteiger charge is 2.38. The molecule has 8 heteroatoms. The third-order valence-corrected chi connectivity index (χ3v) is 6.81. The number of benzene rings is 2. The highest BCUT2D eigenvalue weighted by molar-refractivity contribution is 7.22. The summed E-state index contributed by atoms with van der Waals surface area (Å²) in [5.41, 5.74) is 3.23. The molecule has 6 nitrogen and oxygen atoms in total. The van der Waals surface area contributed by atoms with Crippen molar-refractivity contribution < 1.29 is 14.0 Å². The van der Waals surface area contributed by atoms with Crippen molar-refractivity contribution in [1.29, 1.82) is 0 Å². The molecule has 3 heterocycles. The van der Waals surface area contributed by atoms with Gasteiger partial charge in [0, 0.05) is 24.8 Å². The molecule has 5 rings (SSSR count). The third-order valence-electron chi connectivity index (χ3n) is 5.77. The van der Waals surface area contributed by atoms with Crippen molar-refractivity contribution in [3.05, 3.63) is 83.9 Å². The van der Waals surface area contributed by atoms with Crippen LogP contribution in [0.5, 0.6) is 0 Å². The number of nitrogens with zero attached hydrogens (tertiary/aromatic N) is 4. The molecule has 166 valence electrons. The number of carbonyl (C=O) groups is 2. The Balaban J connectivity index is 1.46. The number of carbonyl (C=O) groups excluding carboxylic acids is 2. The second kappa shape index (κ2) is 8.71. The number of fused-ring (bicyclic) bond motifs is 1. The normalized spacial score (nSPS) is 15.9. The van der Waals surface area contributed by atoms with Gasteiger partial charge in [0.2, 0.25) is 11.8 Å². The van der Waals surface area contributed by atoms with E-state index >= 15 is 0 Å². The van der Waals surface area contributed by atoms with Crippen LogP contribution in [0.4, 0.5) is 15.2 Å². The summed E-state index contributed by atoms with van der Waals surface area (Å²) in [5.74, 6) is -1.22.